The molecule has 0 radical (unpaired) electrons. The van der Waals surface area contributed by atoms with Crippen LogP contribution in [0.5, 0.6) is 0 Å². The average Bonchev–Trinajstić information content (AvgIpc) is 3.74. The van der Waals surface area contributed by atoms with Gasteiger partial charge in [0.1, 0.15) is 16.7 Å². The monoisotopic (exact) mass is 625 g/mol. The molecule has 0 saturated carbocycles. The Hall–Kier alpha value is -6.58. The molecule has 2 aromatic heterocycles. The summed E-state index contributed by atoms with van der Waals surface area (Å²) in [6.45, 7) is 0. The lowest BCUT2D eigenvalue weighted by Gasteiger charge is -2.27. The highest BCUT2D eigenvalue weighted by atomic mass is 16.3. The van der Waals surface area contributed by atoms with Gasteiger partial charge in [-0.3, -0.25) is 0 Å². The molecule has 0 aliphatic carbocycles. The van der Waals surface area contributed by atoms with Crippen molar-refractivity contribution in [1.82, 2.24) is 0 Å². The van der Waals surface area contributed by atoms with Crippen LogP contribution in [0.1, 0.15) is 0 Å². The number of hydrogen-bond donors (Lipinski definition) is 0. The Bertz CT molecular complexity index is 3130. The fourth-order valence-corrected chi connectivity index (χ4v) is 7.98. The standard InChI is InChI=1S/C46H27NO2/c1-3-11-31-28(9-1)19-22-35-33-14-7-16-41(36(33)26-25-34(31)35)47(42-17-8-15-39-37-13-5-6-18-43(37)48-46(39)42)30-21-24-38-40-23-20-29-10-2-4-12-32(29)45(40)49-44(38)27-30/h1-27H. The second kappa shape index (κ2) is 9.96. The van der Waals surface area contributed by atoms with Crippen LogP contribution in [0.15, 0.2) is 173 Å². The summed E-state index contributed by atoms with van der Waals surface area (Å²) in [5, 5.41) is 14.1. The Morgan fingerprint density at radius 3 is 1.71 bits per heavy atom. The molecule has 2 heterocycles. The predicted molar refractivity (Wildman–Crippen MR) is 206 cm³/mol. The highest BCUT2D eigenvalue weighted by Crippen LogP contribution is 2.46. The van der Waals surface area contributed by atoms with Crippen molar-refractivity contribution in [3.05, 3.63) is 164 Å². The van der Waals surface area contributed by atoms with Crippen molar-refractivity contribution in [3.63, 3.8) is 0 Å². The molecule has 0 bridgehead atoms. The Balaban J connectivity index is 1.22. The van der Waals surface area contributed by atoms with E-state index in [0.29, 0.717) is 0 Å². The molecule has 0 fully saturated rings. The quantitative estimate of drug-likeness (QED) is 0.183. The van der Waals surface area contributed by atoms with Crippen molar-refractivity contribution in [2.24, 2.45) is 0 Å². The molecule has 0 unspecified atom stereocenters. The van der Waals surface area contributed by atoms with Crippen LogP contribution in [0.25, 0.3) is 87.0 Å². The second-order valence-electron chi connectivity index (χ2n) is 12.9. The summed E-state index contributed by atoms with van der Waals surface area (Å²) in [5.41, 5.74) is 6.53. The molecular weight excluding hydrogens is 599 g/mol. The lowest BCUT2D eigenvalue weighted by Crippen LogP contribution is -2.10. The van der Waals surface area contributed by atoms with E-state index in [9.17, 15) is 0 Å². The summed E-state index contributed by atoms with van der Waals surface area (Å²) in [7, 11) is 0. The first-order valence-corrected chi connectivity index (χ1v) is 16.7. The Morgan fingerprint density at radius 1 is 0.306 bits per heavy atom. The summed E-state index contributed by atoms with van der Waals surface area (Å²) in [5.74, 6) is 0. The molecule has 9 aromatic carbocycles. The number of anilines is 3. The Kier molecular flexibility index (Phi) is 5.38. The molecule has 0 N–H and O–H groups in total. The van der Waals surface area contributed by atoms with E-state index in [0.717, 1.165) is 71.7 Å². The fourth-order valence-electron chi connectivity index (χ4n) is 7.98. The van der Waals surface area contributed by atoms with E-state index in [1.165, 1.54) is 32.3 Å². The molecule has 0 aliphatic rings. The minimum absolute atomic E-state index is 0.850. The first-order chi connectivity index (χ1) is 24.3. The predicted octanol–water partition coefficient (Wildman–Crippen LogP) is 13.6. The molecule has 0 atom stereocenters. The molecule has 0 amide bonds. The van der Waals surface area contributed by atoms with Crippen LogP contribution in [-0.2, 0) is 0 Å². The number of fused-ring (bicyclic) bond motifs is 13. The van der Waals surface area contributed by atoms with Gasteiger partial charge in [0.15, 0.2) is 5.58 Å². The van der Waals surface area contributed by atoms with E-state index < -0.39 is 0 Å². The van der Waals surface area contributed by atoms with Gasteiger partial charge < -0.3 is 13.7 Å². The van der Waals surface area contributed by atoms with Gasteiger partial charge in [-0.25, -0.2) is 0 Å². The normalized spacial score (nSPS) is 12.1. The summed E-state index contributed by atoms with van der Waals surface area (Å²) < 4.78 is 13.4. The summed E-state index contributed by atoms with van der Waals surface area (Å²) >= 11 is 0. The van der Waals surface area contributed by atoms with Crippen molar-refractivity contribution in [2.75, 3.05) is 4.90 Å². The largest absolute Gasteiger partial charge is 0.455 e. The van der Waals surface area contributed by atoms with Gasteiger partial charge in [-0.05, 0) is 68.7 Å². The van der Waals surface area contributed by atoms with Gasteiger partial charge in [-0.1, -0.05) is 121 Å². The van der Waals surface area contributed by atoms with Crippen LogP contribution in [0.3, 0.4) is 0 Å². The van der Waals surface area contributed by atoms with Crippen molar-refractivity contribution in [1.29, 1.82) is 0 Å². The number of para-hydroxylation sites is 2. The van der Waals surface area contributed by atoms with Crippen LogP contribution in [0.2, 0.25) is 0 Å². The molecule has 11 aromatic rings. The fraction of sp³-hybridized carbons (Fsp3) is 0. The van der Waals surface area contributed by atoms with Crippen molar-refractivity contribution in [2.45, 2.75) is 0 Å². The minimum Gasteiger partial charge on any atom is -0.455 e. The highest BCUT2D eigenvalue weighted by Gasteiger charge is 2.23. The van der Waals surface area contributed by atoms with Crippen molar-refractivity contribution < 1.29 is 8.83 Å². The van der Waals surface area contributed by atoms with Crippen LogP contribution in [-0.4, -0.2) is 0 Å². The topological polar surface area (TPSA) is 29.5 Å². The molecule has 11 rings (SSSR count). The third kappa shape index (κ3) is 3.78. The molecule has 0 spiro atoms. The molecular formula is C46H27NO2. The van der Waals surface area contributed by atoms with E-state index in [4.69, 9.17) is 8.83 Å². The Labute approximate surface area is 280 Å². The lowest BCUT2D eigenvalue weighted by atomic mass is 9.96. The van der Waals surface area contributed by atoms with Crippen LogP contribution in [0, 0.1) is 0 Å². The van der Waals surface area contributed by atoms with Gasteiger partial charge in [-0.2, -0.15) is 0 Å². The number of nitrogens with zero attached hydrogens (tertiary/aromatic N) is 1. The molecule has 49 heavy (non-hydrogen) atoms. The highest BCUT2D eigenvalue weighted by molar-refractivity contribution is 6.21. The van der Waals surface area contributed by atoms with E-state index in [-0.39, 0.29) is 0 Å². The zero-order valence-electron chi connectivity index (χ0n) is 26.4. The number of hydrogen-bond acceptors (Lipinski definition) is 3. The maximum Gasteiger partial charge on any atom is 0.159 e. The van der Waals surface area contributed by atoms with Gasteiger partial charge in [0, 0.05) is 38.4 Å². The Morgan fingerprint density at radius 2 is 0.837 bits per heavy atom. The van der Waals surface area contributed by atoms with Crippen LogP contribution >= 0.6 is 0 Å². The van der Waals surface area contributed by atoms with Crippen LogP contribution in [0.4, 0.5) is 17.1 Å². The van der Waals surface area contributed by atoms with Crippen molar-refractivity contribution >= 4 is 104 Å². The number of furan rings is 2. The molecule has 228 valence electrons. The zero-order chi connectivity index (χ0) is 32.1. The van der Waals surface area contributed by atoms with Gasteiger partial charge in [0.2, 0.25) is 0 Å². The second-order valence-corrected chi connectivity index (χ2v) is 12.9. The minimum atomic E-state index is 0.850. The van der Waals surface area contributed by atoms with E-state index in [1.807, 2.05) is 12.1 Å². The maximum atomic E-state index is 6.70. The van der Waals surface area contributed by atoms with Gasteiger partial charge in [0.25, 0.3) is 0 Å². The van der Waals surface area contributed by atoms with Gasteiger partial charge in [0.05, 0.1) is 17.1 Å². The maximum absolute atomic E-state index is 6.70. The van der Waals surface area contributed by atoms with E-state index >= 15 is 0 Å². The number of rotatable bonds is 3. The first kappa shape index (κ1) is 26.5. The van der Waals surface area contributed by atoms with Gasteiger partial charge in [-0.15, -0.1) is 0 Å². The lowest BCUT2D eigenvalue weighted by molar-refractivity contribution is 0.668. The van der Waals surface area contributed by atoms with Gasteiger partial charge >= 0.3 is 0 Å². The molecule has 3 heteroatoms. The summed E-state index contributed by atoms with van der Waals surface area (Å²) in [6.07, 6.45) is 0. The SMILES string of the molecule is c1ccc2c(c1)ccc1c3cccc(N(c4ccc5c(c4)oc4c6ccccc6ccc54)c4cccc5c4oc4ccccc45)c3ccc21. The zero-order valence-corrected chi connectivity index (χ0v) is 26.4. The van der Waals surface area contributed by atoms with E-state index in [1.54, 1.807) is 0 Å². The number of benzene rings is 9. The summed E-state index contributed by atoms with van der Waals surface area (Å²) in [4.78, 5) is 2.34. The smallest absolute Gasteiger partial charge is 0.159 e. The van der Waals surface area contributed by atoms with E-state index in [2.05, 4.69) is 157 Å². The summed E-state index contributed by atoms with van der Waals surface area (Å²) in [6, 6.07) is 58.4. The molecule has 0 saturated heterocycles. The molecule has 0 aliphatic heterocycles. The van der Waals surface area contributed by atoms with Crippen LogP contribution < -0.4 is 4.90 Å². The first-order valence-electron chi connectivity index (χ1n) is 16.7. The third-order valence-electron chi connectivity index (χ3n) is 10.2. The van der Waals surface area contributed by atoms with Crippen molar-refractivity contribution in [3.8, 4) is 0 Å². The molecule has 3 nitrogen and oxygen atoms in total. The average molecular weight is 626 g/mol. The third-order valence-corrected chi connectivity index (χ3v) is 10.2.